The van der Waals surface area contributed by atoms with Crippen LogP contribution in [0.3, 0.4) is 0 Å². The molecule has 2 aliphatic heterocycles. The second-order valence-corrected chi connectivity index (χ2v) is 8.89. The highest BCUT2D eigenvalue weighted by atomic mass is 35.5. The van der Waals surface area contributed by atoms with E-state index >= 15 is 0 Å². The van der Waals surface area contributed by atoms with E-state index in [0.29, 0.717) is 24.3 Å². The van der Waals surface area contributed by atoms with Gasteiger partial charge in [0.1, 0.15) is 0 Å². The molecule has 190 valence electrons. The van der Waals surface area contributed by atoms with Crippen molar-refractivity contribution >= 4 is 17.5 Å². The summed E-state index contributed by atoms with van der Waals surface area (Å²) >= 11 is 5.54. The first-order valence-electron chi connectivity index (χ1n) is 12.8. The van der Waals surface area contributed by atoms with Crippen molar-refractivity contribution < 1.29 is 9.53 Å². The molecule has 2 fully saturated rings. The number of rotatable bonds is 4. The van der Waals surface area contributed by atoms with Gasteiger partial charge in [-0.1, -0.05) is 70.0 Å². The van der Waals surface area contributed by atoms with Crippen molar-refractivity contribution in [2.24, 2.45) is 11.8 Å². The molecule has 34 heavy (non-hydrogen) atoms. The highest BCUT2D eigenvalue weighted by molar-refractivity contribution is 6.30. The lowest BCUT2D eigenvalue weighted by Crippen LogP contribution is -2.40. The minimum absolute atomic E-state index is 0.222. The Hall–Kier alpha value is -2.11. The van der Waals surface area contributed by atoms with E-state index in [2.05, 4.69) is 24.1 Å². The van der Waals surface area contributed by atoms with Crippen LogP contribution >= 0.6 is 11.6 Å². The second kappa shape index (κ2) is 18.2. The summed E-state index contributed by atoms with van der Waals surface area (Å²) in [6, 6.07) is 13.4. The number of hydrogen-bond acceptors (Lipinski definition) is 4. The summed E-state index contributed by atoms with van der Waals surface area (Å²) in [6.07, 6.45) is 6.05. The highest BCUT2D eigenvalue weighted by Gasteiger charge is 2.31. The molecule has 2 aromatic rings. The molecule has 0 radical (unpaired) electrons. The first-order chi connectivity index (χ1) is 16.5. The molecule has 0 saturated carbocycles. The molecule has 3 heterocycles. The van der Waals surface area contributed by atoms with Gasteiger partial charge in [-0.15, -0.1) is 0 Å². The van der Waals surface area contributed by atoms with Crippen LogP contribution in [0.5, 0.6) is 5.88 Å². The number of carbonyl (C=O) groups excluding carboxylic acids is 1. The van der Waals surface area contributed by atoms with Crippen molar-refractivity contribution in [3.63, 3.8) is 0 Å². The second-order valence-electron chi connectivity index (χ2n) is 8.45. The molecule has 1 aromatic carbocycles. The van der Waals surface area contributed by atoms with Gasteiger partial charge in [-0.05, 0) is 57.0 Å². The average molecular weight is 490 g/mol. The maximum absolute atomic E-state index is 12.5. The number of nitrogens with zero attached hydrogens (tertiary/aromatic N) is 2. The van der Waals surface area contributed by atoms with Gasteiger partial charge in [-0.3, -0.25) is 4.79 Å². The Kier molecular flexibility index (Phi) is 16.1. The summed E-state index contributed by atoms with van der Waals surface area (Å²) in [5.41, 5.74) is 1.13. The lowest BCUT2D eigenvalue weighted by molar-refractivity contribution is -0.135. The van der Waals surface area contributed by atoms with Gasteiger partial charge in [0.2, 0.25) is 11.8 Å². The molecular weight excluding hydrogens is 446 g/mol. The number of carbonyl (C=O) groups is 1. The predicted octanol–water partition coefficient (Wildman–Crippen LogP) is 6.40. The van der Waals surface area contributed by atoms with Crippen molar-refractivity contribution in [2.75, 3.05) is 32.8 Å². The lowest BCUT2D eigenvalue weighted by atomic mass is 9.97. The molecule has 2 saturated heterocycles. The number of pyridine rings is 1. The quantitative estimate of drug-likeness (QED) is 0.539. The summed E-state index contributed by atoms with van der Waals surface area (Å²) in [5, 5.41) is 4.11. The number of piperidine rings is 1. The van der Waals surface area contributed by atoms with Gasteiger partial charge in [0.05, 0.1) is 6.61 Å². The number of halogens is 1. The molecule has 1 amide bonds. The Balaban J connectivity index is 0.000000400. The average Bonchev–Trinajstić information content (AvgIpc) is 3.35. The van der Waals surface area contributed by atoms with Crippen molar-refractivity contribution in [1.82, 2.24) is 15.2 Å². The van der Waals surface area contributed by atoms with Gasteiger partial charge in [-0.25, -0.2) is 4.98 Å². The lowest BCUT2D eigenvalue weighted by Gasteiger charge is -2.26. The van der Waals surface area contributed by atoms with Gasteiger partial charge in [0.15, 0.2) is 0 Å². The third kappa shape index (κ3) is 11.8. The van der Waals surface area contributed by atoms with E-state index in [1.165, 1.54) is 6.42 Å². The van der Waals surface area contributed by atoms with E-state index in [1.807, 2.05) is 74.3 Å². The molecule has 2 aliphatic rings. The first kappa shape index (κ1) is 29.9. The standard InChI is InChI=1S/C17H25N3O2.C6H5Cl.C3H8.C2H6/c1-13-2-3-16(19-10-13)22-12-14-6-9-20(11-14)17(21)15-4-7-18-8-5-15;7-6-4-2-1-3-5-6;1-3-2;1-2/h2-3,10,14-15,18H,4-9,11-12H2,1H3;1-5H;3H2,1-2H3;1-2H3. The summed E-state index contributed by atoms with van der Waals surface area (Å²) < 4.78 is 5.76. The maximum atomic E-state index is 12.5. The molecule has 0 spiro atoms. The Morgan fingerprint density at radius 1 is 1.09 bits per heavy atom. The van der Waals surface area contributed by atoms with Crippen LogP contribution in [0.4, 0.5) is 0 Å². The molecule has 0 aliphatic carbocycles. The highest BCUT2D eigenvalue weighted by Crippen LogP contribution is 2.22. The van der Waals surface area contributed by atoms with Crippen LogP contribution in [0.25, 0.3) is 0 Å². The minimum Gasteiger partial charge on any atom is -0.477 e. The fourth-order valence-electron chi connectivity index (χ4n) is 3.65. The Morgan fingerprint density at radius 2 is 1.74 bits per heavy atom. The molecule has 1 unspecified atom stereocenters. The van der Waals surface area contributed by atoms with Gasteiger partial charge in [0.25, 0.3) is 0 Å². The molecule has 1 aromatic heterocycles. The normalized spacial score (nSPS) is 17.2. The molecule has 5 nitrogen and oxygen atoms in total. The fourth-order valence-corrected chi connectivity index (χ4v) is 3.80. The number of aromatic nitrogens is 1. The van der Waals surface area contributed by atoms with Gasteiger partial charge in [-0.2, -0.15) is 0 Å². The summed E-state index contributed by atoms with van der Waals surface area (Å²) in [4.78, 5) is 18.8. The monoisotopic (exact) mass is 489 g/mol. The molecule has 0 bridgehead atoms. The third-order valence-corrected chi connectivity index (χ3v) is 5.62. The predicted molar refractivity (Wildman–Crippen MR) is 144 cm³/mol. The number of amides is 1. The zero-order valence-corrected chi connectivity index (χ0v) is 22.5. The molecular formula is C28H44ClN3O2. The van der Waals surface area contributed by atoms with E-state index in [4.69, 9.17) is 16.3 Å². The number of hydrogen-bond donors (Lipinski definition) is 1. The van der Waals surface area contributed by atoms with Crippen molar-refractivity contribution in [2.45, 2.75) is 60.3 Å². The summed E-state index contributed by atoms with van der Waals surface area (Å²) in [6.45, 7) is 14.5. The third-order valence-electron chi connectivity index (χ3n) is 5.37. The van der Waals surface area contributed by atoms with Crippen LogP contribution in [0.15, 0.2) is 48.7 Å². The number of benzene rings is 1. The Labute approximate surface area is 212 Å². The van der Waals surface area contributed by atoms with Crippen LogP contribution in [0, 0.1) is 18.8 Å². The number of aryl methyl sites for hydroxylation is 1. The van der Waals surface area contributed by atoms with E-state index in [-0.39, 0.29) is 5.92 Å². The van der Waals surface area contributed by atoms with Crippen LogP contribution in [0.1, 0.15) is 58.9 Å². The minimum atomic E-state index is 0.222. The zero-order chi connectivity index (χ0) is 25.2. The smallest absolute Gasteiger partial charge is 0.225 e. The van der Waals surface area contributed by atoms with Crippen LogP contribution in [-0.2, 0) is 4.79 Å². The first-order valence-corrected chi connectivity index (χ1v) is 13.2. The van der Waals surface area contributed by atoms with E-state index < -0.39 is 0 Å². The fraction of sp³-hybridized carbons (Fsp3) is 0.571. The van der Waals surface area contributed by atoms with Crippen molar-refractivity contribution in [3.05, 3.63) is 59.2 Å². The van der Waals surface area contributed by atoms with Crippen LogP contribution < -0.4 is 10.1 Å². The Bertz CT molecular complexity index is 765. The molecule has 1 atom stereocenters. The number of nitrogens with one attached hydrogen (secondary N) is 1. The number of likely N-dealkylation sites (tertiary alicyclic amines) is 1. The van der Waals surface area contributed by atoms with Crippen molar-refractivity contribution in [1.29, 1.82) is 0 Å². The molecule has 6 heteroatoms. The van der Waals surface area contributed by atoms with Gasteiger partial charge in [0, 0.05) is 42.2 Å². The van der Waals surface area contributed by atoms with E-state index in [0.717, 1.165) is 56.0 Å². The maximum Gasteiger partial charge on any atom is 0.225 e. The summed E-state index contributed by atoms with van der Waals surface area (Å²) in [5.74, 6) is 1.67. The van der Waals surface area contributed by atoms with Gasteiger partial charge >= 0.3 is 0 Å². The van der Waals surface area contributed by atoms with E-state index in [1.54, 1.807) is 0 Å². The molecule has 1 N–H and O–H groups in total. The van der Waals surface area contributed by atoms with Crippen LogP contribution in [-0.4, -0.2) is 48.6 Å². The molecule has 4 rings (SSSR count). The zero-order valence-electron chi connectivity index (χ0n) is 21.7. The van der Waals surface area contributed by atoms with Crippen LogP contribution in [0.2, 0.25) is 5.02 Å². The van der Waals surface area contributed by atoms with E-state index in [9.17, 15) is 4.79 Å². The van der Waals surface area contributed by atoms with Crippen molar-refractivity contribution in [3.8, 4) is 5.88 Å². The van der Waals surface area contributed by atoms with Gasteiger partial charge < -0.3 is 15.0 Å². The largest absolute Gasteiger partial charge is 0.477 e. The summed E-state index contributed by atoms with van der Waals surface area (Å²) in [7, 11) is 0. The SMILES string of the molecule is CC.CCC.Cc1ccc(OCC2CCN(C(=O)C3CCNCC3)C2)nc1.Clc1ccccc1. The number of ether oxygens (including phenoxy) is 1. The topological polar surface area (TPSA) is 54.5 Å². The Morgan fingerprint density at radius 3 is 2.26 bits per heavy atom.